The van der Waals surface area contributed by atoms with Crippen molar-refractivity contribution in [3.8, 4) is 0 Å². The van der Waals surface area contributed by atoms with E-state index in [4.69, 9.17) is 5.21 Å². The van der Waals surface area contributed by atoms with Crippen molar-refractivity contribution in [2.75, 3.05) is 13.1 Å². The number of rotatable bonds is 4. The van der Waals surface area contributed by atoms with Gasteiger partial charge in [0, 0.05) is 13.1 Å². The van der Waals surface area contributed by atoms with Gasteiger partial charge in [0.05, 0.1) is 0 Å². The maximum Gasteiger partial charge on any atom is 0.0370 e. The average Bonchev–Trinajstić information content (AvgIpc) is 1.83. The highest BCUT2D eigenvalue weighted by molar-refractivity contribution is 4.32. The fourth-order valence-corrected chi connectivity index (χ4v) is 0.353. The maximum absolute atomic E-state index is 8.71. The molecule has 0 aliphatic carbocycles. The van der Waals surface area contributed by atoms with Gasteiger partial charge in [0.25, 0.3) is 0 Å². The summed E-state index contributed by atoms with van der Waals surface area (Å²) >= 11 is 0. The van der Waals surface area contributed by atoms with Crippen molar-refractivity contribution in [2.45, 2.75) is 20.3 Å². The van der Waals surface area contributed by atoms with E-state index in [0.717, 1.165) is 18.1 Å². The summed E-state index contributed by atoms with van der Waals surface area (Å²) in [5.74, 6) is 0. The lowest BCUT2D eigenvalue weighted by atomic mass is 10.5. The smallest absolute Gasteiger partial charge is 0.0370 e. The van der Waals surface area contributed by atoms with Crippen LogP contribution in [0, 0.1) is 0 Å². The van der Waals surface area contributed by atoms with E-state index in [1.54, 1.807) is 0 Å². The van der Waals surface area contributed by atoms with Gasteiger partial charge in [0.2, 0.25) is 0 Å². The zero-order chi connectivity index (χ0) is 6.41. The molecule has 3 heteroatoms. The molecule has 0 saturated carbocycles. The zero-order valence-corrected chi connectivity index (χ0v) is 5.52. The fourth-order valence-electron chi connectivity index (χ4n) is 0.353. The molecule has 0 heterocycles. The number of nitrogens with zero attached hydrogens (tertiary/aromatic N) is 1. The Bertz CT molecular complexity index is 49.7. The Labute approximate surface area is 50.2 Å². The Morgan fingerprint density at radius 3 is 2.50 bits per heavy atom. The van der Waals surface area contributed by atoms with Crippen LogP contribution in [0.25, 0.3) is 0 Å². The molecule has 0 atom stereocenters. The van der Waals surface area contributed by atoms with Crippen LogP contribution in [0.3, 0.4) is 0 Å². The minimum Gasteiger partial charge on any atom is -0.299 e. The molecule has 0 aromatic heterocycles. The Hall–Kier alpha value is -0.120. The SMILES string of the molecule is CCCNN(O)CC. The van der Waals surface area contributed by atoms with Crippen LogP contribution < -0.4 is 5.43 Å². The van der Waals surface area contributed by atoms with Gasteiger partial charge in [0.15, 0.2) is 0 Å². The van der Waals surface area contributed by atoms with Crippen LogP contribution in [0.4, 0.5) is 0 Å². The van der Waals surface area contributed by atoms with Gasteiger partial charge in [-0.2, -0.15) is 0 Å². The van der Waals surface area contributed by atoms with Crippen LogP contribution >= 0.6 is 0 Å². The van der Waals surface area contributed by atoms with E-state index < -0.39 is 0 Å². The molecule has 50 valence electrons. The van der Waals surface area contributed by atoms with Gasteiger partial charge in [-0.25, -0.2) is 5.43 Å². The van der Waals surface area contributed by atoms with Crippen LogP contribution in [-0.4, -0.2) is 23.5 Å². The third-order valence-corrected chi connectivity index (χ3v) is 0.844. The highest BCUT2D eigenvalue weighted by atomic mass is 16.5. The highest BCUT2D eigenvalue weighted by Gasteiger charge is 1.89. The summed E-state index contributed by atoms with van der Waals surface area (Å²) in [7, 11) is 0. The summed E-state index contributed by atoms with van der Waals surface area (Å²) in [6.07, 6.45) is 1.04. The standard InChI is InChI=1S/C5H14N2O/c1-3-5-6-7(8)4-2/h6,8H,3-5H2,1-2H3. The zero-order valence-electron chi connectivity index (χ0n) is 5.52. The molecule has 0 saturated heterocycles. The molecular weight excluding hydrogens is 104 g/mol. The van der Waals surface area contributed by atoms with Crippen LogP contribution in [0.15, 0.2) is 0 Å². The number of hydroxylamine groups is 1. The summed E-state index contributed by atoms with van der Waals surface area (Å²) < 4.78 is 0. The van der Waals surface area contributed by atoms with E-state index >= 15 is 0 Å². The third-order valence-electron chi connectivity index (χ3n) is 0.844. The summed E-state index contributed by atoms with van der Waals surface area (Å²) in [6.45, 7) is 5.39. The first-order valence-electron chi connectivity index (χ1n) is 3.01. The van der Waals surface area contributed by atoms with Gasteiger partial charge < -0.3 is 0 Å². The first kappa shape index (κ1) is 7.88. The topological polar surface area (TPSA) is 35.5 Å². The molecule has 0 spiro atoms. The van der Waals surface area contributed by atoms with Crippen molar-refractivity contribution < 1.29 is 5.21 Å². The minimum atomic E-state index is 0.625. The van der Waals surface area contributed by atoms with E-state index in [1.165, 1.54) is 0 Å². The maximum atomic E-state index is 8.71. The van der Waals surface area contributed by atoms with Gasteiger partial charge in [-0.1, -0.05) is 6.92 Å². The second-order valence-electron chi connectivity index (χ2n) is 1.62. The molecule has 0 radical (unpaired) electrons. The Kier molecular flexibility index (Phi) is 4.95. The van der Waals surface area contributed by atoms with E-state index in [9.17, 15) is 0 Å². The molecule has 0 aliphatic heterocycles. The highest BCUT2D eigenvalue weighted by Crippen LogP contribution is 1.73. The number of hydrogen-bond donors (Lipinski definition) is 2. The predicted molar refractivity (Wildman–Crippen MR) is 32.5 cm³/mol. The van der Waals surface area contributed by atoms with Crippen molar-refractivity contribution in [2.24, 2.45) is 0 Å². The number of nitrogens with one attached hydrogen (secondary N) is 1. The Balaban J connectivity index is 2.86. The lowest BCUT2D eigenvalue weighted by Gasteiger charge is -2.11. The van der Waals surface area contributed by atoms with E-state index in [-0.39, 0.29) is 0 Å². The lowest BCUT2D eigenvalue weighted by Crippen LogP contribution is -2.34. The fraction of sp³-hybridized carbons (Fsp3) is 1.00. The molecular formula is C5H14N2O. The van der Waals surface area contributed by atoms with E-state index in [0.29, 0.717) is 6.54 Å². The molecule has 0 aliphatic rings. The molecule has 0 unspecified atom stereocenters. The largest absolute Gasteiger partial charge is 0.299 e. The molecule has 0 amide bonds. The Morgan fingerprint density at radius 1 is 1.50 bits per heavy atom. The van der Waals surface area contributed by atoms with Gasteiger partial charge in [-0.05, 0) is 13.3 Å². The summed E-state index contributed by atoms with van der Waals surface area (Å²) in [5, 5.41) is 9.80. The van der Waals surface area contributed by atoms with Crippen LogP contribution in [0.5, 0.6) is 0 Å². The summed E-state index contributed by atoms with van der Waals surface area (Å²) in [6, 6.07) is 0. The molecule has 0 aromatic carbocycles. The van der Waals surface area contributed by atoms with Gasteiger partial charge in [-0.3, -0.25) is 5.21 Å². The van der Waals surface area contributed by atoms with Gasteiger partial charge in [-0.15, -0.1) is 5.17 Å². The van der Waals surface area contributed by atoms with Crippen LogP contribution in [0.1, 0.15) is 20.3 Å². The minimum absolute atomic E-state index is 0.625. The summed E-state index contributed by atoms with van der Waals surface area (Å²) in [4.78, 5) is 0. The number of hydrazine groups is 1. The second kappa shape index (κ2) is 5.03. The predicted octanol–water partition coefficient (Wildman–Crippen LogP) is 0.612. The first-order chi connectivity index (χ1) is 3.81. The first-order valence-corrected chi connectivity index (χ1v) is 3.01. The molecule has 0 fully saturated rings. The monoisotopic (exact) mass is 118 g/mol. The van der Waals surface area contributed by atoms with Crippen LogP contribution in [-0.2, 0) is 0 Å². The molecule has 0 aromatic rings. The molecule has 3 nitrogen and oxygen atoms in total. The van der Waals surface area contributed by atoms with Gasteiger partial charge >= 0.3 is 0 Å². The molecule has 2 N–H and O–H groups in total. The van der Waals surface area contributed by atoms with Crippen molar-refractivity contribution in [1.29, 1.82) is 0 Å². The lowest BCUT2D eigenvalue weighted by molar-refractivity contribution is -0.132. The normalized spacial score (nSPS) is 10.5. The van der Waals surface area contributed by atoms with E-state index in [1.807, 2.05) is 6.92 Å². The van der Waals surface area contributed by atoms with E-state index in [2.05, 4.69) is 12.3 Å². The summed E-state index contributed by atoms with van der Waals surface area (Å²) in [5.41, 5.74) is 2.77. The molecule has 8 heavy (non-hydrogen) atoms. The van der Waals surface area contributed by atoms with Crippen molar-refractivity contribution in [1.82, 2.24) is 10.6 Å². The Morgan fingerprint density at radius 2 is 2.12 bits per heavy atom. The quantitative estimate of drug-likeness (QED) is 0.531. The van der Waals surface area contributed by atoms with Crippen LogP contribution in [0.2, 0.25) is 0 Å². The molecule has 0 rings (SSSR count). The van der Waals surface area contributed by atoms with Crippen molar-refractivity contribution in [3.63, 3.8) is 0 Å². The van der Waals surface area contributed by atoms with Gasteiger partial charge in [0.1, 0.15) is 0 Å². The third kappa shape index (κ3) is 4.05. The average molecular weight is 118 g/mol. The second-order valence-corrected chi connectivity index (χ2v) is 1.62. The number of hydrogen-bond acceptors (Lipinski definition) is 3. The van der Waals surface area contributed by atoms with Crippen molar-refractivity contribution >= 4 is 0 Å². The van der Waals surface area contributed by atoms with Crippen molar-refractivity contribution in [3.05, 3.63) is 0 Å². The molecule has 0 bridgehead atoms.